The van der Waals surface area contributed by atoms with Gasteiger partial charge in [-0.2, -0.15) is 0 Å². The Kier molecular flexibility index (Phi) is 6.46. The Morgan fingerprint density at radius 3 is 2.80 bits per heavy atom. The number of benzene rings is 1. The number of amides is 1. The summed E-state index contributed by atoms with van der Waals surface area (Å²) < 4.78 is 2.22. The highest BCUT2D eigenvalue weighted by molar-refractivity contribution is 7.99. The summed E-state index contributed by atoms with van der Waals surface area (Å²) in [4.78, 5) is 15.8. The van der Waals surface area contributed by atoms with Crippen LogP contribution < -0.4 is 5.32 Å². The highest BCUT2D eigenvalue weighted by atomic mass is 32.2. The highest BCUT2D eigenvalue weighted by Crippen LogP contribution is 2.42. The lowest BCUT2D eigenvalue weighted by atomic mass is 10.0. The van der Waals surface area contributed by atoms with E-state index in [1.54, 1.807) is 0 Å². The molecule has 3 aromatic rings. The smallest absolute Gasteiger partial charge is 0.230 e. The molecule has 30 heavy (non-hydrogen) atoms. The zero-order valence-electron chi connectivity index (χ0n) is 18.0. The van der Waals surface area contributed by atoms with E-state index < -0.39 is 0 Å². The molecule has 6 nitrogen and oxygen atoms in total. The molecule has 7 heteroatoms. The number of aromatic nitrogens is 4. The first kappa shape index (κ1) is 21.0. The minimum Gasteiger partial charge on any atom is -0.360 e. The van der Waals surface area contributed by atoms with E-state index in [2.05, 4.69) is 58.0 Å². The summed E-state index contributed by atoms with van der Waals surface area (Å²) in [5.41, 5.74) is 2.16. The van der Waals surface area contributed by atoms with Gasteiger partial charge >= 0.3 is 0 Å². The number of nitrogens with one attached hydrogen (secondary N) is 2. The Morgan fingerprint density at radius 1 is 1.23 bits per heavy atom. The van der Waals surface area contributed by atoms with Gasteiger partial charge in [-0.3, -0.25) is 9.36 Å². The van der Waals surface area contributed by atoms with E-state index in [4.69, 9.17) is 0 Å². The van der Waals surface area contributed by atoms with Gasteiger partial charge in [0, 0.05) is 34.7 Å². The molecular weight excluding hydrogens is 394 g/mol. The Bertz CT molecular complexity index is 1000. The Labute approximate surface area is 182 Å². The topological polar surface area (TPSA) is 75.6 Å². The van der Waals surface area contributed by atoms with Crippen LogP contribution >= 0.6 is 11.8 Å². The van der Waals surface area contributed by atoms with Crippen molar-refractivity contribution in [3.63, 3.8) is 0 Å². The van der Waals surface area contributed by atoms with Crippen molar-refractivity contribution in [2.24, 2.45) is 5.92 Å². The van der Waals surface area contributed by atoms with Crippen LogP contribution in [0.2, 0.25) is 0 Å². The molecule has 0 aliphatic heterocycles. The van der Waals surface area contributed by atoms with Crippen molar-refractivity contribution in [1.82, 2.24) is 25.1 Å². The van der Waals surface area contributed by atoms with Gasteiger partial charge in [-0.15, -0.1) is 10.2 Å². The Hall–Kier alpha value is -2.28. The number of hydrogen-bond donors (Lipinski definition) is 2. The van der Waals surface area contributed by atoms with E-state index in [1.165, 1.54) is 18.2 Å². The predicted molar refractivity (Wildman–Crippen MR) is 123 cm³/mol. The SMILES string of the molecule is CC(C)CCC[C@@H](C)NC(=O)CSc1nnc(-c2c[nH]c3ccccc23)n1C1CC1. The Morgan fingerprint density at radius 2 is 2.03 bits per heavy atom. The molecule has 0 unspecified atom stereocenters. The summed E-state index contributed by atoms with van der Waals surface area (Å²) in [5, 5.41) is 14.1. The number of aromatic amines is 1. The largest absolute Gasteiger partial charge is 0.360 e. The average Bonchev–Trinajstić information content (AvgIpc) is 3.32. The van der Waals surface area contributed by atoms with Crippen molar-refractivity contribution in [3.05, 3.63) is 30.5 Å². The number of para-hydroxylation sites is 1. The van der Waals surface area contributed by atoms with Gasteiger partial charge in [0.2, 0.25) is 5.91 Å². The first-order chi connectivity index (χ1) is 14.5. The van der Waals surface area contributed by atoms with Gasteiger partial charge in [0.1, 0.15) is 0 Å². The molecule has 2 N–H and O–H groups in total. The normalized spacial score (nSPS) is 15.1. The maximum absolute atomic E-state index is 12.4. The van der Waals surface area contributed by atoms with Gasteiger partial charge in [-0.25, -0.2) is 0 Å². The summed E-state index contributed by atoms with van der Waals surface area (Å²) in [5.74, 6) is 2.03. The van der Waals surface area contributed by atoms with Crippen molar-refractivity contribution >= 4 is 28.6 Å². The van der Waals surface area contributed by atoms with Crippen LogP contribution in [0.5, 0.6) is 0 Å². The monoisotopic (exact) mass is 425 g/mol. The van der Waals surface area contributed by atoms with Crippen molar-refractivity contribution < 1.29 is 4.79 Å². The van der Waals surface area contributed by atoms with Crippen LogP contribution in [0.3, 0.4) is 0 Å². The fourth-order valence-electron chi connectivity index (χ4n) is 3.83. The third kappa shape index (κ3) is 4.89. The Balaban J connectivity index is 1.41. The molecule has 0 saturated heterocycles. The van der Waals surface area contributed by atoms with Crippen LogP contribution in [-0.4, -0.2) is 37.5 Å². The molecule has 2 heterocycles. The first-order valence-corrected chi connectivity index (χ1v) is 11.9. The molecule has 1 aliphatic carbocycles. The number of H-pyrrole nitrogens is 1. The molecule has 0 radical (unpaired) electrons. The molecule has 1 amide bonds. The molecule has 0 bridgehead atoms. The molecule has 1 aromatic carbocycles. The van der Waals surface area contributed by atoms with Gasteiger partial charge in [-0.05, 0) is 38.2 Å². The first-order valence-electron chi connectivity index (χ1n) is 11.0. The number of fused-ring (bicyclic) bond motifs is 1. The van der Waals surface area contributed by atoms with Crippen LogP contribution in [0, 0.1) is 5.92 Å². The van der Waals surface area contributed by atoms with E-state index in [0.717, 1.165) is 53.1 Å². The van der Waals surface area contributed by atoms with Crippen LogP contribution in [0.1, 0.15) is 58.9 Å². The number of carbonyl (C=O) groups excluding carboxylic acids is 1. The van der Waals surface area contributed by atoms with Gasteiger partial charge in [0.15, 0.2) is 11.0 Å². The average molecular weight is 426 g/mol. The second-order valence-corrected chi connectivity index (χ2v) is 9.68. The van der Waals surface area contributed by atoms with Crippen LogP contribution in [0.15, 0.2) is 35.6 Å². The molecule has 160 valence electrons. The quantitative estimate of drug-likeness (QED) is 0.439. The molecule has 0 spiro atoms. The number of carbonyl (C=O) groups is 1. The molecule has 4 rings (SSSR count). The lowest BCUT2D eigenvalue weighted by Crippen LogP contribution is -2.33. The second-order valence-electron chi connectivity index (χ2n) is 8.74. The lowest BCUT2D eigenvalue weighted by molar-refractivity contribution is -0.119. The minimum absolute atomic E-state index is 0.0658. The van der Waals surface area contributed by atoms with Crippen molar-refractivity contribution in [1.29, 1.82) is 0 Å². The standard InChI is InChI=1S/C23H31N5OS/c1-15(2)7-6-8-16(3)25-21(29)14-30-23-27-26-22(28(23)17-11-12-17)19-13-24-20-10-5-4-9-18(19)20/h4-5,9-10,13,15-17,24H,6-8,11-12,14H2,1-3H3,(H,25,29)/t16-/m1/s1. The second kappa shape index (κ2) is 9.25. The van der Waals surface area contributed by atoms with Gasteiger partial charge in [0.05, 0.1) is 5.75 Å². The third-order valence-electron chi connectivity index (χ3n) is 5.57. The van der Waals surface area contributed by atoms with Gasteiger partial charge in [0.25, 0.3) is 0 Å². The third-order valence-corrected chi connectivity index (χ3v) is 6.51. The van der Waals surface area contributed by atoms with Crippen molar-refractivity contribution in [2.75, 3.05) is 5.75 Å². The van der Waals surface area contributed by atoms with E-state index in [1.807, 2.05) is 18.3 Å². The zero-order chi connectivity index (χ0) is 21.1. The maximum atomic E-state index is 12.4. The molecule has 1 atom stereocenters. The summed E-state index contributed by atoms with van der Waals surface area (Å²) in [7, 11) is 0. The van der Waals surface area contributed by atoms with Crippen molar-refractivity contribution in [3.8, 4) is 11.4 Å². The number of thioether (sulfide) groups is 1. The van der Waals surface area contributed by atoms with E-state index in [-0.39, 0.29) is 11.9 Å². The van der Waals surface area contributed by atoms with Crippen LogP contribution in [-0.2, 0) is 4.79 Å². The molecular formula is C23H31N5OS. The van der Waals surface area contributed by atoms with E-state index in [0.29, 0.717) is 17.7 Å². The van der Waals surface area contributed by atoms with E-state index >= 15 is 0 Å². The molecule has 2 aromatic heterocycles. The maximum Gasteiger partial charge on any atom is 0.230 e. The number of nitrogens with zero attached hydrogens (tertiary/aromatic N) is 3. The number of hydrogen-bond acceptors (Lipinski definition) is 4. The summed E-state index contributed by atoms with van der Waals surface area (Å²) in [6, 6.07) is 8.88. The highest BCUT2D eigenvalue weighted by Gasteiger charge is 2.31. The van der Waals surface area contributed by atoms with Gasteiger partial charge < -0.3 is 10.3 Å². The molecule has 1 saturated carbocycles. The molecule has 1 fully saturated rings. The minimum atomic E-state index is 0.0658. The van der Waals surface area contributed by atoms with E-state index in [9.17, 15) is 4.79 Å². The van der Waals surface area contributed by atoms with Crippen LogP contribution in [0.25, 0.3) is 22.3 Å². The lowest BCUT2D eigenvalue weighted by Gasteiger charge is -2.14. The fourth-order valence-corrected chi connectivity index (χ4v) is 4.65. The van der Waals surface area contributed by atoms with Gasteiger partial charge in [-0.1, -0.05) is 56.7 Å². The molecule has 1 aliphatic rings. The summed E-state index contributed by atoms with van der Waals surface area (Å²) in [6.07, 6.45) is 7.66. The predicted octanol–water partition coefficient (Wildman–Crippen LogP) is 5.18. The summed E-state index contributed by atoms with van der Waals surface area (Å²) >= 11 is 1.48. The summed E-state index contributed by atoms with van der Waals surface area (Å²) in [6.45, 7) is 6.56. The zero-order valence-corrected chi connectivity index (χ0v) is 18.8. The number of rotatable bonds is 10. The van der Waals surface area contributed by atoms with Crippen molar-refractivity contribution in [2.45, 2.75) is 70.1 Å². The fraction of sp³-hybridized carbons (Fsp3) is 0.522. The van der Waals surface area contributed by atoms with Crippen LogP contribution in [0.4, 0.5) is 0 Å².